The first-order chi connectivity index (χ1) is 13.1. The predicted octanol–water partition coefficient (Wildman–Crippen LogP) is 1.07. The molecule has 142 valence electrons. The van der Waals surface area contributed by atoms with Crippen LogP contribution in [-0.2, 0) is 16.1 Å². The Bertz CT molecular complexity index is 784. The molecule has 27 heavy (non-hydrogen) atoms. The number of hydrogen-bond acceptors (Lipinski definition) is 6. The SMILES string of the molecule is CC(=O)N1CCOC(CNc2ccnc(C(=O)NCc3cccnc3)c2)C1. The van der Waals surface area contributed by atoms with Crippen molar-refractivity contribution in [2.24, 2.45) is 0 Å². The Morgan fingerprint density at radius 3 is 3.00 bits per heavy atom. The molecule has 0 aromatic carbocycles. The summed E-state index contributed by atoms with van der Waals surface area (Å²) in [6.45, 7) is 4.22. The zero-order valence-corrected chi connectivity index (χ0v) is 15.2. The Morgan fingerprint density at radius 1 is 1.33 bits per heavy atom. The quantitative estimate of drug-likeness (QED) is 0.791. The molecule has 2 N–H and O–H groups in total. The van der Waals surface area contributed by atoms with Gasteiger partial charge in [0.05, 0.1) is 12.7 Å². The molecule has 1 aliphatic rings. The van der Waals surface area contributed by atoms with E-state index < -0.39 is 0 Å². The highest BCUT2D eigenvalue weighted by atomic mass is 16.5. The molecular formula is C19H23N5O3. The number of carbonyl (C=O) groups excluding carboxylic acids is 2. The molecule has 8 nitrogen and oxygen atoms in total. The molecule has 0 spiro atoms. The fourth-order valence-electron chi connectivity index (χ4n) is 2.80. The van der Waals surface area contributed by atoms with Crippen LogP contribution in [0.5, 0.6) is 0 Å². The van der Waals surface area contributed by atoms with E-state index in [0.717, 1.165) is 11.3 Å². The number of ether oxygens (including phenoxy) is 1. The maximum atomic E-state index is 12.3. The Labute approximate surface area is 158 Å². The lowest BCUT2D eigenvalue weighted by molar-refractivity contribution is -0.135. The van der Waals surface area contributed by atoms with E-state index in [-0.39, 0.29) is 17.9 Å². The lowest BCUT2D eigenvalue weighted by Gasteiger charge is -2.32. The van der Waals surface area contributed by atoms with E-state index in [1.165, 1.54) is 0 Å². The standard InChI is InChI=1S/C19H23N5O3/c1-14(25)24-7-8-27-17(13-24)12-22-16-4-6-21-18(9-16)19(26)23-11-15-3-2-5-20-10-15/h2-6,9-10,17H,7-8,11-13H2,1H3,(H,21,22)(H,23,26). The van der Waals surface area contributed by atoms with Gasteiger partial charge in [0.2, 0.25) is 5.91 Å². The first kappa shape index (κ1) is 18.8. The second kappa shape index (κ2) is 9.09. The zero-order valence-electron chi connectivity index (χ0n) is 15.2. The number of nitrogens with one attached hydrogen (secondary N) is 2. The number of hydrogen-bond donors (Lipinski definition) is 2. The number of aromatic nitrogens is 2. The number of rotatable bonds is 6. The molecule has 1 atom stereocenters. The summed E-state index contributed by atoms with van der Waals surface area (Å²) in [6.07, 6.45) is 4.90. The van der Waals surface area contributed by atoms with E-state index in [1.807, 2.05) is 12.1 Å². The third-order valence-electron chi connectivity index (χ3n) is 4.29. The number of nitrogens with zero attached hydrogens (tertiary/aromatic N) is 3. The lowest BCUT2D eigenvalue weighted by Crippen LogP contribution is -2.47. The molecule has 2 aromatic rings. The van der Waals surface area contributed by atoms with Crippen LogP contribution >= 0.6 is 0 Å². The molecule has 0 radical (unpaired) electrons. The average Bonchev–Trinajstić information content (AvgIpc) is 2.71. The molecule has 2 amide bonds. The van der Waals surface area contributed by atoms with Crippen LogP contribution in [0, 0.1) is 0 Å². The van der Waals surface area contributed by atoms with Crippen molar-refractivity contribution in [2.75, 3.05) is 31.6 Å². The second-order valence-electron chi connectivity index (χ2n) is 6.31. The van der Waals surface area contributed by atoms with Gasteiger partial charge in [-0.15, -0.1) is 0 Å². The minimum absolute atomic E-state index is 0.0554. The molecule has 1 aliphatic heterocycles. The monoisotopic (exact) mass is 369 g/mol. The number of morpholine rings is 1. The van der Waals surface area contributed by atoms with E-state index in [0.29, 0.717) is 38.5 Å². The van der Waals surface area contributed by atoms with Crippen LogP contribution < -0.4 is 10.6 Å². The minimum Gasteiger partial charge on any atom is -0.382 e. The molecule has 3 heterocycles. The lowest BCUT2D eigenvalue weighted by atomic mass is 10.2. The van der Waals surface area contributed by atoms with Crippen molar-refractivity contribution < 1.29 is 14.3 Å². The average molecular weight is 369 g/mol. The van der Waals surface area contributed by atoms with E-state index >= 15 is 0 Å². The van der Waals surface area contributed by atoms with E-state index in [2.05, 4.69) is 20.6 Å². The summed E-state index contributed by atoms with van der Waals surface area (Å²) >= 11 is 0. The third-order valence-corrected chi connectivity index (χ3v) is 4.29. The van der Waals surface area contributed by atoms with Crippen molar-refractivity contribution in [3.8, 4) is 0 Å². The summed E-state index contributed by atoms with van der Waals surface area (Å²) in [6, 6.07) is 7.21. The molecule has 0 saturated carbocycles. The highest BCUT2D eigenvalue weighted by Gasteiger charge is 2.21. The Morgan fingerprint density at radius 2 is 2.22 bits per heavy atom. The fraction of sp³-hybridized carbons (Fsp3) is 0.368. The van der Waals surface area contributed by atoms with Crippen molar-refractivity contribution in [2.45, 2.75) is 19.6 Å². The third kappa shape index (κ3) is 5.49. The van der Waals surface area contributed by atoms with Crippen LogP contribution in [0.25, 0.3) is 0 Å². The van der Waals surface area contributed by atoms with Crippen LogP contribution in [0.2, 0.25) is 0 Å². The van der Waals surface area contributed by atoms with Crippen LogP contribution in [0.4, 0.5) is 5.69 Å². The van der Waals surface area contributed by atoms with Gasteiger partial charge < -0.3 is 20.3 Å². The molecule has 0 aliphatic carbocycles. The van der Waals surface area contributed by atoms with Gasteiger partial charge in [-0.25, -0.2) is 0 Å². The van der Waals surface area contributed by atoms with Gasteiger partial charge in [-0.1, -0.05) is 6.07 Å². The van der Waals surface area contributed by atoms with Gasteiger partial charge in [-0.3, -0.25) is 19.6 Å². The Balaban J connectivity index is 1.52. The normalized spacial score (nSPS) is 16.6. The van der Waals surface area contributed by atoms with Crippen LogP contribution in [-0.4, -0.2) is 59.0 Å². The first-order valence-corrected chi connectivity index (χ1v) is 8.86. The number of amides is 2. The Hall–Kier alpha value is -3.00. The minimum atomic E-state index is -0.251. The number of pyridine rings is 2. The summed E-state index contributed by atoms with van der Waals surface area (Å²) in [5, 5.41) is 6.08. The van der Waals surface area contributed by atoms with Crippen molar-refractivity contribution in [1.29, 1.82) is 0 Å². The van der Waals surface area contributed by atoms with E-state index in [4.69, 9.17) is 4.74 Å². The maximum absolute atomic E-state index is 12.3. The zero-order chi connectivity index (χ0) is 19.1. The molecular weight excluding hydrogens is 346 g/mol. The van der Waals surface area contributed by atoms with E-state index in [1.54, 1.807) is 42.5 Å². The molecule has 1 fully saturated rings. The maximum Gasteiger partial charge on any atom is 0.270 e. The highest BCUT2D eigenvalue weighted by molar-refractivity contribution is 5.93. The number of carbonyl (C=O) groups is 2. The predicted molar refractivity (Wildman–Crippen MR) is 100 cm³/mol. The summed E-state index contributed by atoms with van der Waals surface area (Å²) in [5.41, 5.74) is 2.03. The van der Waals surface area contributed by atoms with Crippen molar-refractivity contribution >= 4 is 17.5 Å². The molecule has 2 aromatic heterocycles. The fourth-order valence-corrected chi connectivity index (χ4v) is 2.80. The van der Waals surface area contributed by atoms with Crippen molar-refractivity contribution in [3.63, 3.8) is 0 Å². The van der Waals surface area contributed by atoms with Gasteiger partial charge in [0.15, 0.2) is 0 Å². The smallest absolute Gasteiger partial charge is 0.270 e. The van der Waals surface area contributed by atoms with Crippen molar-refractivity contribution in [3.05, 3.63) is 54.1 Å². The molecule has 8 heteroatoms. The van der Waals surface area contributed by atoms with Gasteiger partial charge in [0.1, 0.15) is 5.69 Å². The van der Waals surface area contributed by atoms with Gasteiger partial charge in [0.25, 0.3) is 5.91 Å². The summed E-state index contributed by atoms with van der Waals surface area (Å²) in [4.78, 5) is 33.7. The van der Waals surface area contributed by atoms with Crippen molar-refractivity contribution in [1.82, 2.24) is 20.2 Å². The summed E-state index contributed by atoms with van der Waals surface area (Å²) in [5.74, 6) is -0.195. The van der Waals surface area contributed by atoms with Gasteiger partial charge in [-0.2, -0.15) is 0 Å². The summed E-state index contributed by atoms with van der Waals surface area (Å²) in [7, 11) is 0. The molecule has 3 rings (SSSR count). The van der Waals surface area contributed by atoms with E-state index in [9.17, 15) is 9.59 Å². The van der Waals surface area contributed by atoms with Crippen LogP contribution in [0.1, 0.15) is 23.0 Å². The van der Waals surface area contributed by atoms with Gasteiger partial charge >= 0.3 is 0 Å². The topological polar surface area (TPSA) is 96.5 Å². The van der Waals surface area contributed by atoms with Gasteiger partial charge in [0, 0.05) is 57.4 Å². The van der Waals surface area contributed by atoms with Gasteiger partial charge in [-0.05, 0) is 23.8 Å². The Kier molecular flexibility index (Phi) is 6.32. The molecule has 0 bridgehead atoms. The first-order valence-electron chi connectivity index (χ1n) is 8.86. The largest absolute Gasteiger partial charge is 0.382 e. The highest BCUT2D eigenvalue weighted by Crippen LogP contribution is 2.11. The second-order valence-corrected chi connectivity index (χ2v) is 6.31. The number of anilines is 1. The summed E-state index contributed by atoms with van der Waals surface area (Å²) < 4.78 is 5.69. The molecule has 1 unspecified atom stereocenters. The molecule has 1 saturated heterocycles. The van der Waals surface area contributed by atoms with Crippen LogP contribution in [0.15, 0.2) is 42.9 Å². The van der Waals surface area contributed by atoms with Crippen LogP contribution in [0.3, 0.4) is 0 Å².